The number of aryl methyl sites for hydroxylation is 3. The molecule has 0 radical (unpaired) electrons. The Morgan fingerprint density at radius 1 is 1.20 bits per heavy atom. The van der Waals surface area contributed by atoms with Crippen molar-refractivity contribution in [1.29, 1.82) is 0 Å². The summed E-state index contributed by atoms with van der Waals surface area (Å²) in [6, 6.07) is 5.92. The van der Waals surface area contributed by atoms with Crippen molar-refractivity contribution in [3.8, 4) is 5.69 Å². The van der Waals surface area contributed by atoms with Crippen LogP contribution in [0, 0.1) is 20.8 Å². The van der Waals surface area contributed by atoms with Crippen LogP contribution < -0.4 is 5.73 Å². The maximum Gasteiger partial charge on any atom is 0.148 e. The summed E-state index contributed by atoms with van der Waals surface area (Å²) in [6.07, 6.45) is 0. The minimum Gasteiger partial charge on any atom is -0.397 e. The van der Waals surface area contributed by atoms with Gasteiger partial charge in [0.05, 0.1) is 11.4 Å². The highest BCUT2D eigenvalue weighted by atomic mass is 15.3. The predicted octanol–water partition coefficient (Wildman–Crippen LogP) is 1.77. The molecule has 0 atom stereocenters. The third kappa shape index (κ3) is 1.70. The van der Waals surface area contributed by atoms with Crippen molar-refractivity contribution in [1.82, 2.24) is 14.8 Å². The van der Waals surface area contributed by atoms with Crippen LogP contribution in [0.3, 0.4) is 0 Å². The Labute approximate surface area is 88.8 Å². The van der Waals surface area contributed by atoms with Crippen molar-refractivity contribution in [2.75, 3.05) is 5.73 Å². The molecule has 0 aliphatic heterocycles. The van der Waals surface area contributed by atoms with Crippen LogP contribution >= 0.6 is 0 Å². The van der Waals surface area contributed by atoms with Crippen LogP contribution in [0.15, 0.2) is 18.2 Å². The van der Waals surface area contributed by atoms with Gasteiger partial charge in [0, 0.05) is 0 Å². The molecule has 1 aromatic heterocycles. The molecule has 2 aromatic rings. The molecule has 0 unspecified atom stereocenters. The van der Waals surface area contributed by atoms with E-state index in [2.05, 4.69) is 10.1 Å². The van der Waals surface area contributed by atoms with Crippen molar-refractivity contribution in [2.45, 2.75) is 20.8 Å². The van der Waals surface area contributed by atoms with Gasteiger partial charge in [-0.25, -0.2) is 9.67 Å². The highest BCUT2D eigenvalue weighted by Crippen LogP contribution is 2.18. The number of aromatic nitrogens is 3. The van der Waals surface area contributed by atoms with Crippen molar-refractivity contribution >= 4 is 5.69 Å². The summed E-state index contributed by atoms with van der Waals surface area (Å²) in [5.74, 6) is 1.61. The van der Waals surface area contributed by atoms with E-state index in [1.54, 1.807) is 4.68 Å². The molecule has 0 aliphatic carbocycles. The second-order valence-electron chi connectivity index (χ2n) is 3.68. The zero-order valence-electron chi connectivity index (χ0n) is 9.15. The monoisotopic (exact) mass is 202 g/mol. The molecule has 1 aromatic carbocycles. The summed E-state index contributed by atoms with van der Waals surface area (Å²) in [5.41, 5.74) is 8.70. The topological polar surface area (TPSA) is 56.7 Å². The summed E-state index contributed by atoms with van der Waals surface area (Å²) in [4.78, 5) is 4.25. The van der Waals surface area contributed by atoms with Gasteiger partial charge < -0.3 is 5.73 Å². The lowest BCUT2D eigenvalue weighted by molar-refractivity contribution is 0.833. The Kier molecular flexibility index (Phi) is 2.19. The van der Waals surface area contributed by atoms with Gasteiger partial charge in [0.1, 0.15) is 11.6 Å². The highest BCUT2D eigenvalue weighted by molar-refractivity contribution is 5.58. The normalized spacial score (nSPS) is 10.6. The largest absolute Gasteiger partial charge is 0.397 e. The second kappa shape index (κ2) is 3.38. The Balaban J connectivity index is 2.59. The molecule has 4 heteroatoms. The first-order valence-corrected chi connectivity index (χ1v) is 4.84. The summed E-state index contributed by atoms with van der Waals surface area (Å²) in [6.45, 7) is 5.80. The number of nitrogen functional groups attached to an aromatic ring is 1. The first kappa shape index (κ1) is 9.71. The van der Waals surface area contributed by atoms with E-state index in [1.165, 1.54) is 0 Å². The van der Waals surface area contributed by atoms with Crippen LogP contribution in [0.4, 0.5) is 5.69 Å². The molecule has 2 N–H and O–H groups in total. The molecule has 0 amide bonds. The average molecular weight is 202 g/mol. The number of hydrogen-bond donors (Lipinski definition) is 1. The minimum atomic E-state index is 0.725. The number of rotatable bonds is 1. The Hall–Kier alpha value is -1.84. The van der Waals surface area contributed by atoms with Crippen LogP contribution in [0.1, 0.15) is 17.2 Å². The number of benzene rings is 1. The number of nitrogens with two attached hydrogens (primary N) is 1. The number of nitrogens with zero attached hydrogens (tertiary/aromatic N) is 3. The van der Waals surface area contributed by atoms with E-state index in [9.17, 15) is 0 Å². The van der Waals surface area contributed by atoms with Crippen molar-refractivity contribution in [3.05, 3.63) is 35.4 Å². The van der Waals surface area contributed by atoms with E-state index in [-0.39, 0.29) is 0 Å². The van der Waals surface area contributed by atoms with Gasteiger partial charge in [-0.05, 0) is 38.5 Å². The maximum atomic E-state index is 5.94. The minimum absolute atomic E-state index is 0.725. The third-order valence-corrected chi connectivity index (χ3v) is 2.29. The van der Waals surface area contributed by atoms with Crippen LogP contribution in [0.5, 0.6) is 0 Å². The first-order chi connectivity index (χ1) is 7.08. The van der Waals surface area contributed by atoms with Crippen molar-refractivity contribution < 1.29 is 0 Å². The van der Waals surface area contributed by atoms with Gasteiger partial charge in [0.2, 0.25) is 0 Å². The summed E-state index contributed by atoms with van der Waals surface area (Å²) in [7, 11) is 0. The molecule has 4 nitrogen and oxygen atoms in total. The van der Waals surface area contributed by atoms with Gasteiger partial charge in [-0.1, -0.05) is 6.07 Å². The van der Waals surface area contributed by atoms with Gasteiger partial charge in [0.15, 0.2) is 0 Å². The Bertz CT molecular complexity index is 499. The van der Waals surface area contributed by atoms with Crippen LogP contribution in [-0.4, -0.2) is 14.8 Å². The molecular weight excluding hydrogens is 188 g/mol. The predicted molar refractivity (Wildman–Crippen MR) is 60.0 cm³/mol. The fraction of sp³-hybridized carbons (Fsp3) is 0.273. The molecule has 2 rings (SSSR count). The first-order valence-electron chi connectivity index (χ1n) is 4.84. The van der Waals surface area contributed by atoms with E-state index in [4.69, 9.17) is 5.73 Å². The summed E-state index contributed by atoms with van der Waals surface area (Å²) in [5, 5.41) is 4.30. The number of anilines is 1. The van der Waals surface area contributed by atoms with E-state index >= 15 is 0 Å². The van der Waals surface area contributed by atoms with Gasteiger partial charge in [-0.2, -0.15) is 5.10 Å². The summed E-state index contributed by atoms with van der Waals surface area (Å²) < 4.78 is 1.77. The molecule has 0 aliphatic rings. The standard InChI is InChI=1S/C11H14N4/c1-7-4-5-11(10(12)6-7)15-9(3)13-8(2)14-15/h4-6H,12H2,1-3H3. The van der Waals surface area contributed by atoms with E-state index in [0.717, 1.165) is 28.6 Å². The Morgan fingerprint density at radius 3 is 2.47 bits per heavy atom. The summed E-state index contributed by atoms with van der Waals surface area (Å²) >= 11 is 0. The molecular formula is C11H14N4. The van der Waals surface area contributed by atoms with E-state index in [0.29, 0.717) is 0 Å². The zero-order valence-corrected chi connectivity index (χ0v) is 9.15. The molecule has 0 spiro atoms. The van der Waals surface area contributed by atoms with Gasteiger partial charge in [-0.3, -0.25) is 0 Å². The quantitative estimate of drug-likeness (QED) is 0.717. The fourth-order valence-corrected chi connectivity index (χ4v) is 1.62. The third-order valence-electron chi connectivity index (χ3n) is 2.29. The van der Waals surface area contributed by atoms with E-state index in [1.807, 2.05) is 39.0 Å². The molecule has 0 saturated carbocycles. The smallest absolute Gasteiger partial charge is 0.148 e. The maximum absolute atomic E-state index is 5.94. The van der Waals surface area contributed by atoms with Gasteiger partial charge >= 0.3 is 0 Å². The fourth-order valence-electron chi connectivity index (χ4n) is 1.62. The molecule has 0 bridgehead atoms. The lowest BCUT2D eigenvalue weighted by Crippen LogP contribution is -2.03. The van der Waals surface area contributed by atoms with Gasteiger partial charge in [-0.15, -0.1) is 0 Å². The van der Waals surface area contributed by atoms with Crippen molar-refractivity contribution in [3.63, 3.8) is 0 Å². The lowest BCUT2D eigenvalue weighted by Gasteiger charge is -2.07. The molecule has 1 heterocycles. The van der Waals surface area contributed by atoms with Gasteiger partial charge in [0.25, 0.3) is 0 Å². The highest BCUT2D eigenvalue weighted by Gasteiger charge is 2.07. The number of hydrogen-bond acceptors (Lipinski definition) is 3. The SMILES string of the molecule is Cc1ccc(-n2nc(C)nc2C)c(N)c1. The molecule has 78 valence electrons. The second-order valence-corrected chi connectivity index (χ2v) is 3.68. The average Bonchev–Trinajstić information content (AvgIpc) is 2.45. The van der Waals surface area contributed by atoms with Crippen LogP contribution in [0.25, 0.3) is 5.69 Å². The lowest BCUT2D eigenvalue weighted by atomic mass is 10.2. The van der Waals surface area contributed by atoms with E-state index < -0.39 is 0 Å². The zero-order chi connectivity index (χ0) is 11.0. The molecule has 0 saturated heterocycles. The molecule has 0 fully saturated rings. The Morgan fingerprint density at radius 2 is 1.93 bits per heavy atom. The van der Waals surface area contributed by atoms with Crippen LogP contribution in [-0.2, 0) is 0 Å². The van der Waals surface area contributed by atoms with Crippen molar-refractivity contribution in [2.24, 2.45) is 0 Å². The van der Waals surface area contributed by atoms with Crippen LogP contribution in [0.2, 0.25) is 0 Å². The molecule has 15 heavy (non-hydrogen) atoms.